The predicted molar refractivity (Wildman–Crippen MR) is 124 cm³/mol. The number of benzene rings is 3. The number of nitrogens with zero attached hydrogens (tertiary/aromatic N) is 3. The number of carbonyl (C=O) groups excluding carboxylic acids is 1. The lowest BCUT2D eigenvalue weighted by molar-refractivity contribution is 0.101. The molecule has 0 N–H and O–H groups in total. The summed E-state index contributed by atoms with van der Waals surface area (Å²) in [5.74, 6) is -1.47. The van der Waals surface area contributed by atoms with Crippen LogP contribution in [0.1, 0.15) is 24.2 Å². The van der Waals surface area contributed by atoms with Crippen LogP contribution in [0.4, 0.5) is 25.8 Å². The summed E-state index contributed by atoms with van der Waals surface area (Å²) in [6.45, 7) is 3.34. The number of anilines is 3. The Morgan fingerprint density at radius 3 is 1.97 bits per heavy atom. The lowest BCUT2D eigenvalue weighted by Crippen LogP contribution is -2.31. The van der Waals surface area contributed by atoms with Gasteiger partial charge in [0.15, 0.2) is 5.78 Å². The molecule has 0 saturated heterocycles. The van der Waals surface area contributed by atoms with Crippen molar-refractivity contribution >= 4 is 22.8 Å². The Labute approximate surface area is 189 Å². The molecule has 33 heavy (non-hydrogen) atoms. The van der Waals surface area contributed by atoms with Crippen molar-refractivity contribution in [3.63, 3.8) is 0 Å². The summed E-state index contributed by atoms with van der Waals surface area (Å²) in [6.07, 6.45) is 0. The van der Waals surface area contributed by atoms with Crippen LogP contribution < -0.4 is 10.5 Å². The summed E-state index contributed by atoms with van der Waals surface area (Å²) >= 11 is 0. The fourth-order valence-corrected chi connectivity index (χ4v) is 3.75. The maximum Gasteiger partial charge on any atom is 0.291 e. The number of aryl methyl sites for hydroxylation is 1. The zero-order valence-corrected chi connectivity index (χ0v) is 18.1. The van der Waals surface area contributed by atoms with Crippen LogP contribution >= 0.6 is 0 Å². The summed E-state index contributed by atoms with van der Waals surface area (Å²) in [5, 5.41) is 4.46. The zero-order valence-electron chi connectivity index (χ0n) is 18.1. The monoisotopic (exact) mass is 445 g/mol. The van der Waals surface area contributed by atoms with Crippen LogP contribution in [0, 0.1) is 11.6 Å². The molecule has 5 nitrogen and oxygen atoms in total. The molecule has 0 aliphatic heterocycles. The minimum atomic E-state index is -0.545. The number of hydrogen-bond donors (Lipinski definition) is 0. The minimum Gasteiger partial charge on any atom is -0.305 e. The second-order valence-corrected chi connectivity index (χ2v) is 7.41. The van der Waals surface area contributed by atoms with Gasteiger partial charge in [-0.3, -0.25) is 9.59 Å². The van der Waals surface area contributed by atoms with Gasteiger partial charge in [-0.05, 0) is 50.2 Å². The van der Waals surface area contributed by atoms with Crippen LogP contribution in [0.3, 0.4) is 0 Å². The first-order valence-electron chi connectivity index (χ1n) is 10.4. The molecule has 1 heterocycles. The number of hydrogen-bond acceptors (Lipinski definition) is 4. The van der Waals surface area contributed by atoms with Crippen molar-refractivity contribution in [2.45, 2.75) is 20.4 Å². The van der Waals surface area contributed by atoms with E-state index in [9.17, 15) is 18.4 Å². The summed E-state index contributed by atoms with van der Waals surface area (Å²) < 4.78 is 29.7. The molecule has 7 heteroatoms. The van der Waals surface area contributed by atoms with Gasteiger partial charge in [0.05, 0.1) is 5.56 Å². The Kier molecular flexibility index (Phi) is 6.13. The van der Waals surface area contributed by atoms with Gasteiger partial charge in [-0.15, -0.1) is 0 Å². The smallest absolute Gasteiger partial charge is 0.291 e. The van der Waals surface area contributed by atoms with Crippen LogP contribution in [-0.2, 0) is 6.54 Å². The van der Waals surface area contributed by atoms with Crippen molar-refractivity contribution < 1.29 is 13.6 Å². The third-order valence-corrected chi connectivity index (χ3v) is 5.19. The molecule has 0 aliphatic rings. The second kappa shape index (κ2) is 9.16. The number of carbonyl (C=O) groups is 1. The largest absolute Gasteiger partial charge is 0.305 e. The summed E-state index contributed by atoms with van der Waals surface area (Å²) in [6, 6.07) is 20.2. The number of rotatable bonds is 6. The van der Waals surface area contributed by atoms with Crippen molar-refractivity contribution in [3.8, 4) is 11.3 Å². The highest BCUT2D eigenvalue weighted by Crippen LogP contribution is 2.38. The molecule has 4 rings (SSSR count). The zero-order chi connectivity index (χ0) is 23.5. The van der Waals surface area contributed by atoms with E-state index >= 15 is 0 Å². The van der Waals surface area contributed by atoms with Gasteiger partial charge in [-0.1, -0.05) is 42.5 Å². The predicted octanol–water partition coefficient (Wildman–Crippen LogP) is 5.88. The first-order valence-corrected chi connectivity index (χ1v) is 10.4. The normalized spacial score (nSPS) is 10.8. The Hall–Kier alpha value is -4.13. The Morgan fingerprint density at radius 1 is 0.909 bits per heavy atom. The number of aromatic nitrogens is 2. The fraction of sp³-hybridized carbons (Fsp3) is 0.115. The van der Waals surface area contributed by atoms with Crippen LogP contribution in [0.25, 0.3) is 11.3 Å². The van der Waals surface area contributed by atoms with Gasteiger partial charge in [0.25, 0.3) is 5.56 Å². The van der Waals surface area contributed by atoms with E-state index in [2.05, 4.69) is 5.10 Å². The first kappa shape index (κ1) is 22.1. The molecule has 0 amide bonds. The van der Waals surface area contributed by atoms with Gasteiger partial charge in [0.2, 0.25) is 0 Å². The molecule has 3 aromatic carbocycles. The molecular formula is C26H21F2N3O2. The van der Waals surface area contributed by atoms with E-state index in [1.165, 1.54) is 52.9 Å². The summed E-state index contributed by atoms with van der Waals surface area (Å²) in [4.78, 5) is 27.9. The minimum absolute atomic E-state index is 0.0191. The van der Waals surface area contributed by atoms with Crippen molar-refractivity contribution in [2.24, 2.45) is 0 Å². The van der Waals surface area contributed by atoms with Gasteiger partial charge in [-0.25, -0.2) is 13.5 Å². The van der Waals surface area contributed by atoms with Crippen LogP contribution in [0.5, 0.6) is 0 Å². The molecule has 0 radical (unpaired) electrons. The molecule has 0 saturated carbocycles. The molecule has 0 spiro atoms. The molecule has 0 unspecified atom stereocenters. The maximum atomic E-state index is 14.2. The highest BCUT2D eigenvalue weighted by Gasteiger charge is 2.28. The number of ketones is 1. The first-order chi connectivity index (χ1) is 15.9. The SMILES string of the molecule is CCn1nc(-c2ccccc2)c(C(C)=O)c(N(c2cccc(F)c2)c2cccc(F)c2)c1=O. The molecule has 4 aromatic rings. The molecule has 0 atom stereocenters. The number of Topliss-reactive ketones (excluding diaryl/α,β-unsaturated/α-hetero) is 1. The lowest BCUT2D eigenvalue weighted by atomic mass is 10.0. The maximum absolute atomic E-state index is 14.2. The van der Waals surface area contributed by atoms with E-state index < -0.39 is 23.0 Å². The average molecular weight is 445 g/mol. The van der Waals surface area contributed by atoms with E-state index in [4.69, 9.17) is 0 Å². The lowest BCUT2D eigenvalue weighted by Gasteiger charge is -2.27. The van der Waals surface area contributed by atoms with E-state index in [-0.39, 0.29) is 29.2 Å². The van der Waals surface area contributed by atoms with E-state index in [1.807, 2.05) is 6.07 Å². The Balaban J connectivity index is 2.15. The van der Waals surface area contributed by atoms with Crippen LogP contribution in [0.2, 0.25) is 0 Å². The average Bonchev–Trinajstić information content (AvgIpc) is 2.80. The van der Waals surface area contributed by atoms with Gasteiger partial charge in [0.1, 0.15) is 23.0 Å². The molecule has 0 aliphatic carbocycles. The van der Waals surface area contributed by atoms with E-state index in [0.29, 0.717) is 11.3 Å². The highest BCUT2D eigenvalue weighted by atomic mass is 19.1. The van der Waals surface area contributed by atoms with Gasteiger partial charge < -0.3 is 4.90 Å². The van der Waals surface area contributed by atoms with Crippen LogP contribution in [0.15, 0.2) is 83.7 Å². The second-order valence-electron chi connectivity index (χ2n) is 7.41. The molecular weight excluding hydrogens is 424 g/mol. The standard InChI is InChI=1S/C26H21F2N3O2/c1-3-30-26(33)25(23(17(2)32)24(29-30)18-9-5-4-6-10-18)31(21-13-7-11-19(27)15-21)22-14-8-12-20(28)16-22/h4-16H,3H2,1-2H3. The third kappa shape index (κ3) is 4.30. The topological polar surface area (TPSA) is 55.2 Å². The highest BCUT2D eigenvalue weighted by molar-refractivity contribution is 6.06. The van der Waals surface area contributed by atoms with E-state index in [0.717, 1.165) is 0 Å². The van der Waals surface area contributed by atoms with Gasteiger partial charge in [-0.2, -0.15) is 5.10 Å². The van der Waals surface area contributed by atoms with Gasteiger partial charge in [0, 0.05) is 23.5 Å². The fourth-order valence-electron chi connectivity index (χ4n) is 3.75. The van der Waals surface area contributed by atoms with Crippen molar-refractivity contribution in [2.75, 3.05) is 4.90 Å². The summed E-state index contributed by atoms with van der Waals surface area (Å²) in [7, 11) is 0. The Morgan fingerprint density at radius 2 is 1.48 bits per heavy atom. The summed E-state index contributed by atoms with van der Waals surface area (Å²) in [5.41, 5.74) is 1.01. The van der Waals surface area contributed by atoms with Gasteiger partial charge >= 0.3 is 0 Å². The molecule has 0 bridgehead atoms. The third-order valence-electron chi connectivity index (χ3n) is 5.19. The molecule has 1 aromatic heterocycles. The van der Waals surface area contributed by atoms with Crippen molar-refractivity contribution in [1.82, 2.24) is 9.78 Å². The molecule has 0 fully saturated rings. The quantitative estimate of drug-likeness (QED) is 0.348. The Bertz CT molecular complexity index is 1340. The van der Waals surface area contributed by atoms with Crippen LogP contribution in [-0.4, -0.2) is 15.6 Å². The van der Waals surface area contributed by atoms with Crippen molar-refractivity contribution in [1.29, 1.82) is 0 Å². The molecule has 166 valence electrons. The van der Waals surface area contributed by atoms with Crippen molar-refractivity contribution in [3.05, 3.63) is 106 Å². The number of halogens is 2. The van der Waals surface area contributed by atoms with E-state index in [1.54, 1.807) is 43.3 Å².